The fourth-order valence-electron chi connectivity index (χ4n) is 2.27. The Morgan fingerprint density at radius 1 is 1.47 bits per heavy atom. The Morgan fingerprint density at radius 3 is 2.94 bits per heavy atom. The maximum absolute atomic E-state index is 5.98. The molecule has 1 aliphatic rings. The molecule has 1 fully saturated rings. The molecule has 0 aliphatic heterocycles. The highest BCUT2D eigenvalue weighted by Crippen LogP contribution is 2.29. The van der Waals surface area contributed by atoms with Crippen molar-refractivity contribution in [2.24, 2.45) is 5.73 Å². The number of benzene rings is 1. The molecule has 1 aromatic carbocycles. The Bertz CT molecular complexity index is 428. The first-order valence-electron chi connectivity index (χ1n) is 5.97. The Kier molecular flexibility index (Phi) is 4.24. The normalized spacial score (nSPS) is 22.8. The third kappa shape index (κ3) is 3.33. The standard InChI is InChI=1S/C14H18BrNO/c1-17-14-6-5-11(9-13(14)15)7-10-3-2-4-12(16)8-10/h5-7,9,12H,2-4,8,16H2,1H3/b10-7+. The van der Waals surface area contributed by atoms with Gasteiger partial charge in [0.05, 0.1) is 11.6 Å². The fourth-order valence-corrected chi connectivity index (χ4v) is 2.83. The molecule has 1 unspecified atom stereocenters. The fraction of sp³-hybridized carbons (Fsp3) is 0.429. The molecule has 17 heavy (non-hydrogen) atoms. The minimum Gasteiger partial charge on any atom is -0.496 e. The van der Waals surface area contributed by atoms with E-state index in [4.69, 9.17) is 10.5 Å². The van der Waals surface area contributed by atoms with Crippen LogP contribution in [0, 0.1) is 0 Å². The third-order valence-electron chi connectivity index (χ3n) is 3.14. The molecule has 1 atom stereocenters. The summed E-state index contributed by atoms with van der Waals surface area (Å²) < 4.78 is 6.21. The lowest BCUT2D eigenvalue weighted by atomic mass is 9.90. The summed E-state index contributed by atoms with van der Waals surface area (Å²) in [5.41, 5.74) is 8.65. The lowest BCUT2D eigenvalue weighted by molar-refractivity contribution is 0.412. The Balaban J connectivity index is 2.17. The number of ether oxygens (including phenoxy) is 1. The van der Waals surface area contributed by atoms with Gasteiger partial charge in [0, 0.05) is 6.04 Å². The lowest BCUT2D eigenvalue weighted by Crippen LogP contribution is -2.23. The molecule has 92 valence electrons. The number of halogens is 1. The van der Waals surface area contributed by atoms with E-state index in [1.807, 2.05) is 6.07 Å². The second kappa shape index (κ2) is 5.69. The van der Waals surface area contributed by atoms with Gasteiger partial charge in [-0.3, -0.25) is 0 Å². The predicted molar refractivity (Wildman–Crippen MR) is 75.1 cm³/mol. The van der Waals surface area contributed by atoms with E-state index in [0.29, 0.717) is 6.04 Å². The zero-order valence-electron chi connectivity index (χ0n) is 10.1. The van der Waals surface area contributed by atoms with Crippen molar-refractivity contribution in [2.75, 3.05) is 7.11 Å². The number of hydrogen-bond acceptors (Lipinski definition) is 2. The van der Waals surface area contributed by atoms with Crippen LogP contribution in [0.3, 0.4) is 0 Å². The molecular weight excluding hydrogens is 278 g/mol. The minimum atomic E-state index is 0.344. The molecule has 0 spiro atoms. The van der Waals surface area contributed by atoms with Gasteiger partial charge in [-0.2, -0.15) is 0 Å². The summed E-state index contributed by atoms with van der Waals surface area (Å²) in [7, 11) is 1.68. The number of methoxy groups -OCH3 is 1. The van der Waals surface area contributed by atoms with Crippen molar-refractivity contribution in [1.82, 2.24) is 0 Å². The summed E-state index contributed by atoms with van der Waals surface area (Å²) in [4.78, 5) is 0. The number of nitrogens with two attached hydrogens (primary N) is 1. The van der Waals surface area contributed by atoms with Crippen molar-refractivity contribution in [3.63, 3.8) is 0 Å². The molecule has 0 bridgehead atoms. The summed E-state index contributed by atoms with van der Waals surface area (Å²) >= 11 is 3.51. The summed E-state index contributed by atoms with van der Waals surface area (Å²) in [5, 5.41) is 0. The van der Waals surface area contributed by atoms with Crippen LogP contribution in [-0.2, 0) is 0 Å². The van der Waals surface area contributed by atoms with Crippen LogP contribution in [0.2, 0.25) is 0 Å². The first-order valence-corrected chi connectivity index (χ1v) is 6.77. The van der Waals surface area contributed by atoms with Gasteiger partial charge in [-0.1, -0.05) is 17.7 Å². The van der Waals surface area contributed by atoms with E-state index in [0.717, 1.165) is 23.1 Å². The van der Waals surface area contributed by atoms with Crippen LogP contribution in [0.1, 0.15) is 31.2 Å². The molecular formula is C14H18BrNO. The molecule has 0 saturated heterocycles. The largest absolute Gasteiger partial charge is 0.496 e. The van der Waals surface area contributed by atoms with E-state index in [-0.39, 0.29) is 0 Å². The van der Waals surface area contributed by atoms with Crippen molar-refractivity contribution in [3.8, 4) is 5.75 Å². The van der Waals surface area contributed by atoms with Crippen molar-refractivity contribution in [3.05, 3.63) is 33.8 Å². The summed E-state index contributed by atoms with van der Waals surface area (Å²) in [6.45, 7) is 0. The van der Waals surface area contributed by atoms with Crippen LogP contribution in [0.15, 0.2) is 28.2 Å². The van der Waals surface area contributed by atoms with Crippen molar-refractivity contribution in [1.29, 1.82) is 0 Å². The minimum absolute atomic E-state index is 0.344. The molecule has 1 aromatic rings. The molecule has 1 aliphatic carbocycles. The summed E-state index contributed by atoms with van der Waals surface area (Å²) in [6, 6.07) is 6.50. The summed E-state index contributed by atoms with van der Waals surface area (Å²) in [5.74, 6) is 0.868. The van der Waals surface area contributed by atoms with Gasteiger partial charge in [0.15, 0.2) is 0 Å². The Morgan fingerprint density at radius 2 is 2.29 bits per heavy atom. The molecule has 0 radical (unpaired) electrons. The highest BCUT2D eigenvalue weighted by Gasteiger charge is 2.12. The van der Waals surface area contributed by atoms with Crippen LogP contribution in [0.5, 0.6) is 5.75 Å². The van der Waals surface area contributed by atoms with E-state index < -0.39 is 0 Å². The van der Waals surface area contributed by atoms with Gasteiger partial charge in [0.25, 0.3) is 0 Å². The smallest absolute Gasteiger partial charge is 0.133 e. The SMILES string of the molecule is COc1ccc(/C=C2\CCCC(N)C2)cc1Br. The van der Waals surface area contributed by atoms with E-state index in [9.17, 15) is 0 Å². The topological polar surface area (TPSA) is 35.2 Å². The first-order chi connectivity index (χ1) is 8.19. The predicted octanol–water partition coefficient (Wildman–Crippen LogP) is 3.74. The quantitative estimate of drug-likeness (QED) is 0.902. The highest BCUT2D eigenvalue weighted by atomic mass is 79.9. The van der Waals surface area contributed by atoms with Crippen LogP contribution < -0.4 is 10.5 Å². The zero-order chi connectivity index (χ0) is 12.3. The maximum atomic E-state index is 5.98. The van der Waals surface area contributed by atoms with Crippen LogP contribution in [-0.4, -0.2) is 13.2 Å². The van der Waals surface area contributed by atoms with E-state index in [1.54, 1.807) is 7.11 Å². The van der Waals surface area contributed by atoms with Crippen molar-refractivity contribution < 1.29 is 4.74 Å². The lowest BCUT2D eigenvalue weighted by Gasteiger charge is -2.20. The van der Waals surface area contributed by atoms with Crippen molar-refractivity contribution in [2.45, 2.75) is 31.7 Å². The second-order valence-electron chi connectivity index (χ2n) is 4.55. The van der Waals surface area contributed by atoms with Gasteiger partial charge in [-0.05, 0) is 59.3 Å². The average molecular weight is 296 g/mol. The molecule has 2 rings (SSSR count). The molecule has 2 N–H and O–H groups in total. The second-order valence-corrected chi connectivity index (χ2v) is 5.41. The highest BCUT2D eigenvalue weighted by molar-refractivity contribution is 9.10. The third-order valence-corrected chi connectivity index (χ3v) is 3.76. The molecule has 0 heterocycles. The Labute approximate surface area is 111 Å². The zero-order valence-corrected chi connectivity index (χ0v) is 11.7. The van der Waals surface area contributed by atoms with Crippen LogP contribution in [0.25, 0.3) is 6.08 Å². The van der Waals surface area contributed by atoms with Gasteiger partial charge in [-0.25, -0.2) is 0 Å². The van der Waals surface area contributed by atoms with Crippen LogP contribution >= 0.6 is 15.9 Å². The molecule has 3 heteroatoms. The van der Waals surface area contributed by atoms with E-state index >= 15 is 0 Å². The first kappa shape index (κ1) is 12.7. The van der Waals surface area contributed by atoms with Gasteiger partial charge < -0.3 is 10.5 Å². The van der Waals surface area contributed by atoms with Gasteiger partial charge in [0.2, 0.25) is 0 Å². The van der Waals surface area contributed by atoms with E-state index in [1.165, 1.54) is 24.0 Å². The number of hydrogen-bond donors (Lipinski definition) is 1. The summed E-state index contributed by atoms with van der Waals surface area (Å²) in [6.07, 6.45) is 6.83. The number of rotatable bonds is 2. The van der Waals surface area contributed by atoms with Gasteiger partial charge in [-0.15, -0.1) is 0 Å². The van der Waals surface area contributed by atoms with Crippen LogP contribution in [0.4, 0.5) is 0 Å². The Hall–Kier alpha value is -0.800. The van der Waals surface area contributed by atoms with Gasteiger partial charge in [0.1, 0.15) is 5.75 Å². The van der Waals surface area contributed by atoms with E-state index in [2.05, 4.69) is 34.1 Å². The average Bonchev–Trinajstić information content (AvgIpc) is 2.29. The maximum Gasteiger partial charge on any atom is 0.133 e. The van der Waals surface area contributed by atoms with Crippen molar-refractivity contribution >= 4 is 22.0 Å². The van der Waals surface area contributed by atoms with Gasteiger partial charge >= 0.3 is 0 Å². The molecule has 0 amide bonds. The monoisotopic (exact) mass is 295 g/mol. The molecule has 2 nitrogen and oxygen atoms in total. The molecule has 0 aromatic heterocycles. The molecule has 1 saturated carbocycles.